The van der Waals surface area contributed by atoms with Gasteiger partial charge in [0.15, 0.2) is 0 Å². The van der Waals surface area contributed by atoms with Crippen molar-refractivity contribution in [3.63, 3.8) is 0 Å². The Kier molecular flexibility index (Phi) is 9.85. The van der Waals surface area contributed by atoms with Gasteiger partial charge >= 0.3 is 0 Å². The molecule has 1 N–H and O–H groups in total. The number of unbranched alkanes of at least 4 members (excludes halogenated alkanes) is 3. The number of ether oxygens (including phenoxy) is 1. The molecule has 0 radical (unpaired) electrons. The van der Waals surface area contributed by atoms with E-state index in [1.165, 1.54) is 38.5 Å². The summed E-state index contributed by atoms with van der Waals surface area (Å²) in [5, 5.41) is 3.52. The first-order valence-electron chi connectivity index (χ1n) is 7.32. The molecule has 0 aromatic heterocycles. The molecule has 1 unspecified atom stereocenters. The van der Waals surface area contributed by atoms with Crippen LogP contribution in [-0.2, 0) is 4.74 Å². The van der Waals surface area contributed by atoms with Crippen LogP contribution in [0, 0.1) is 0 Å². The second-order valence-electron chi connectivity index (χ2n) is 6.06. The van der Waals surface area contributed by atoms with Crippen molar-refractivity contribution in [3.8, 4) is 0 Å². The predicted octanol–water partition coefficient (Wildman–Crippen LogP) is 4.14. The molecule has 0 aromatic rings. The lowest BCUT2D eigenvalue weighted by atomic mass is 10.1. The van der Waals surface area contributed by atoms with E-state index in [0.717, 1.165) is 13.2 Å². The van der Waals surface area contributed by atoms with Gasteiger partial charge < -0.3 is 10.1 Å². The standard InChI is InChI=1S/C15H33NO/c1-6-11-14(2)17-13-10-8-7-9-12-16-15(3,4)5/h14,16H,6-13H2,1-5H3. The van der Waals surface area contributed by atoms with Crippen molar-refractivity contribution in [1.29, 1.82) is 0 Å². The van der Waals surface area contributed by atoms with Crippen LogP contribution in [0.25, 0.3) is 0 Å². The Bertz CT molecular complexity index is 163. The molecule has 2 heteroatoms. The molecule has 2 nitrogen and oxygen atoms in total. The Morgan fingerprint density at radius 1 is 1.06 bits per heavy atom. The molecule has 0 aromatic carbocycles. The zero-order valence-corrected chi connectivity index (χ0v) is 12.6. The molecule has 0 aliphatic carbocycles. The van der Waals surface area contributed by atoms with Crippen molar-refractivity contribution < 1.29 is 4.74 Å². The van der Waals surface area contributed by atoms with E-state index in [0.29, 0.717) is 6.10 Å². The van der Waals surface area contributed by atoms with Gasteiger partial charge in [0.25, 0.3) is 0 Å². The molecule has 0 fully saturated rings. The van der Waals surface area contributed by atoms with E-state index >= 15 is 0 Å². The lowest BCUT2D eigenvalue weighted by molar-refractivity contribution is 0.0570. The highest BCUT2D eigenvalue weighted by atomic mass is 16.5. The van der Waals surface area contributed by atoms with Gasteiger partial charge in [0.2, 0.25) is 0 Å². The summed E-state index contributed by atoms with van der Waals surface area (Å²) in [6.45, 7) is 13.1. The minimum absolute atomic E-state index is 0.263. The van der Waals surface area contributed by atoms with Gasteiger partial charge in [0, 0.05) is 12.1 Å². The van der Waals surface area contributed by atoms with E-state index in [1.807, 2.05) is 0 Å². The highest BCUT2D eigenvalue weighted by Gasteiger charge is 2.06. The molecule has 0 rings (SSSR count). The third-order valence-corrected chi connectivity index (χ3v) is 2.82. The average molecular weight is 243 g/mol. The van der Waals surface area contributed by atoms with Crippen LogP contribution in [0.3, 0.4) is 0 Å². The largest absolute Gasteiger partial charge is 0.379 e. The van der Waals surface area contributed by atoms with E-state index in [4.69, 9.17) is 4.74 Å². The van der Waals surface area contributed by atoms with E-state index < -0.39 is 0 Å². The fourth-order valence-corrected chi connectivity index (χ4v) is 1.82. The van der Waals surface area contributed by atoms with E-state index in [-0.39, 0.29) is 5.54 Å². The quantitative estimate of drug-likeness (QED) is 0.582. The first-order valence-corrected chi connectivity index (χ1v) is 7.32. The fraction of sp³-hybridized carbons (Fsp3) is 1.00. The van der Waals surface area contributed by atoms with Crippen LogP contribution in [0.5, 0.6) is 0 Å². The maximum Gasteiger partial charge on any atom is 0.0546 e. The molecule has 0 spiro atoms. The van der Waals surface area contributed by atoms with Crippen LogP contribution < -0.4 is 5.32 Å². The third-order valence-electron chi connectivity index (χ3n) is 2.82. The molecule has 0 saturated heterocycles. The predicted molar refractivity (Wildman–Crippen MR) is 76.5 cm³/mol. The molecule has 0 saturated carbocycles. The molecule has 0 amide bonds. The summed E-state index contributed by atoms with van der Waals surface area (Å²) in [6, 6.07) is 0. The first kappa shape index (κ1) is 16.9. The summed E-state index contributed by atoms with van der Waals surface area (Å²) >= 11 is 0. The lowest BCUT2D eigenvalue weighted by Gasteiger charge is -2.20. The number of hydrogen-bond donors (Lipinski definition) is 1. The Hall–Kier alpha value is -0.0800. The van der Waals surface area contributed by atoms with Crippen molar-refractivity contribution in [3.05, 3.63) is 0 Å². The van der Waals surface area contributed by atoms with Gasteiger partial charge in [-0.25, -0.2) is 0 Å². The topological polar surface area (TPSA) is 21.3 Å². The Labute approximate surface area is 109 Å². The number of rotatable bonds is 10. The van der Waals surface area contributed by atoms with Crippen molar-refractivity contribution in [2.75, 3.05) is 13.2 Å². The first-order chi connectivity index (χ1) is 7.95. The third kappa shape index (κ3) is 13.9. The summed E-state index contributed by atoms with van der Waals surface area (Å²) in [6.07, 6.45) is 7.96. The minimum Gasteiger partial charge on any atom is -0.379 e. The Morgan fingerprint density at radius 3 is 2.29 bits per heavy atom. The van der Waals surface area contributed by atoms with E-state index in [2.05, 4.69) is 39.9 Å². The maximum absolute atomic E-state index is 5.73. The molecule has 1 atom stereocenters. The maximum atomic E-state index is 5.73. The lowest BCUT2D eigenvalue weighted by Crippen LogP contribution is -2.36. The number of nitrogens with one attached hydrogen (secondary N) is 1. The molecular weight excluding hydrogens is 210 g/mol. The van der Waals surface area contributed by atoms with Crippen molar-refractivity contribution >= 4 is 0 Å². The van der Waals surface area contributed by atoms with Crippen LogP contribution in [0.2, 0.25) is 0 Å². The van der Waals surface area contributed by atoms with Gasteiger partial charge in [-0.2, -0.15) is 0 Å². The zero-order valence-electron chi connectivity index (χ0n) is 12.6. The van der Waals surface area contributed by atoms with E-state index in [9.17, 15) is 0 Å². The summed E-state index contributed by atoms with van der Waals surface area (Å²) in [7, 11) is 0. The monoisotopic (exact) mass is 243 g/mol. The minimum atomic E-state index is 0.263. The summed E-state index contributed by atoms with van der Waals surface area (Å²) in [5.41, 5.74) is 0.263. The highest BCUT2D eigenvalue weighted by Crippen LogP contribution is 2.05. The van der Waals surface area contributed by atoms with Crippen LogP contribution in [-0.4, -0.2) is 24.8 Å². The smallest absolute Gasteiger partial charge is 0.0546 e. The zero-order chi connectivity index (χ0) is 13.1. The van der Waals surface area contributed by atoms with Gasteiger partial charge in [-0.15, -0.1) is 0 Å². The van der Waals surface area contributed by atoms with Gasteiger partial charge in [-0.05, 0) is 53.5 Å². The SMILES string of the molecule is CCCC(C)OCCCCCCNC(C)(C)C. The van der Waals surface area contributed by atoms with Gasteiger partial charge in [0.05, 0.1) is 6.10 Å². The average Bonchev–Trinajstić information content (AvgIpc) is 2.21. The summed E-state index contributed by atoms with van der Waals surface area (Å²) < 4.78 is 5.73. The molecule has 0 aliphatic heterocycles. The molecule has 17 heavy (non-hydrogen) atoms. The Balaban J connectivity index is 3.14. The van der Waals surface area contributed by atoms with Crippen LogP contribution in [0.4, 0.5) is 0 Å². The second-order valence-corrected chi connectivity index (χ2v) is 6.06. The molecule has 104 valence electrons. The van der Waals surface area contributed by atoms with Gasteiger partial charge in [-0.3, -0.25) is 0 Å². The summed E-state index contributed by atoms with van der Waals surface area (Å²) in [5.74, 6) is 0. The van der Waals surface area contributed by atoms with Crippen LogP contribution in [0.15, 0.2) is 0 Å². The molecular formula is C15H33NO. The van der Waals surface area contributed by atoms with Crippen molar-refractivity contribution in [1.82, 2.24) is 5.32 Å². The normalized spacial score (nSPS) is 13.9. The molecule has 0 aliphatic rings. The van der Waals surface area contributed by atoms with Gasteiger partial charge in [-0.1, -0.05) is 26.2 Å². The fourth-order valence-electron chi connectivity index (χ4n) is 1.82. The summed E-state index contributed by atoms with van der Waals surface area (Å²) in [4.78, 5) is 0. The van der Waals surface area contributed by atoms with Crippen LogP contribution >= 0.6 is 0 Å². The van der Waals surface area contributed by atoms with Crippen LogP contribution in [0.1, 0.15) is 73.1 Å². The number of hydrogen-bond acceptors (Lipinski definition) is 2. The second kappa shape index (κ2) is 9.90. The highest BCUT2D eigenvalue weighted by molar-refractivity contribution is 4.69. The molecule has 0 bridgehead atoms. The van der Waals surface area contributed by atoms with E-state index in [1.54, 1.807) is 0 Å². The van der Waals surface area contributed by atoms with Crippen molar-refractivity contribution in [2.24, 2.45) is 0 Å². The van der Waals surface area contributed by atoms with Gasteiger partial charge in [0.1, 0.15) is 0 Å². The Morgan fingerprint density at radius 2 is 1.71 bits per heavy atom. The molecule has 0 heterocycles. The van der Waals surface area contributed by atoms with Crippen molar-refractivity contribution in [2.45, 2.75) is 84.8 Å².